The molecule has 2 aromatic rings. The Hall–Kier alpha value is -1.36. The van der Waals surface area contributed by atoms with Gasteiger partial charge in [0.15, 0.2) is 0 Å². The zero-order chi connectivity index (χ0) is 15.3. The summed E-state index contributed by atoms with van der Waals surface area (Å²) in [5.41, 5.74) is 5.11. The van der Waals surface area contributed by atoms with Crippen LogP contribution in [-0.2, 0) is 0 Å². The molecule has 1 heterocycles. The molecule has 2 aromatic carbocycles. The summed E-state index contributed by atoms with van der Waals surface area (Å²) < 4.78 is 14.5. The van der Waals surface area contributed by atoms with Crippen molar-refractivity contribution in [2.75, 3.05) is 5.32 Å². The van der Waals surface area contributed by atoms with Gasteiger partial charge in [-0.1, -0.05) is 24.3 Å². The first-order valence-electron chi connectivity index (χ1n) is 7.62. The molecule has 0 fully saturated rings. The molecule has 3 heteroatoms. The van der Waals surface area contributed by atoms with E-state index in [0.29, 0.717) is 11.8 Å². The van der Waals surface area contributed by atoms with E-state index in [9.17, 15) is 4.39 Å². The van der Waals surface area contributed by atoms with Crippen LogP contribution in [0, 0.1) is 22.2 Å². The quantitative estimate of drug-likeness (QED) is 0.484. The molecular formula is C19H17FIN. The van der Waals surface area contributed by atoms with Gasteiger partial charge in [0.2, 0.25) is 0 Å². The fourth-order valence-electron chi connectivity index (χ4n) is 3.84. The van der Waals surface area contributed by atoms with E-state index in [1.165, 1.54) is 25.9 Å². The Labute approximate surface area is 143 Å². The van der Waals surface area contributed by atoms with Crippen molar-refractivity contribution in [2.45, 2.75) is 25.3 Å². The highest BCUT2D eigenvalue weighted by Gasteiger charge is 2.38. The van der Waals surface area contributed by atoms with Gasteiger partial charge in [0.1, 0.15) is 5.82 Å². The number of aryl methyl sites for hydroxylation is 1. The third-order valence-electron chi connectivity index (χ3n) is 4.86. The van der Waals surface area contributed by atoms with Crippen molar-refractivity contribution in [3.05, 3.63) is 74.6 Å². The smallest absolute Gasteiger partial charge is 0.123 e. The Morgan fingerprint density at radius 2 is 1.95 bits per heavy atom. The predicted molar refractivity (Wildman–Crippen MR) is 96.6 cm³/mol. The Kier molecular flexibility index (Phi) is 3.48. The monoisotopic (exact) mass is 405 g/mol. The molecule has 112 valence electrons. The summed E-state index contributed by atoms with van der Waals surface area (Å²) in [7, 11) is 0. The molecule has 0 bridgehead atoms. The van der Waals surface area contributed by atoms with Gasteiger partial charge in [0.25, 0.3) is 0 Å². The largest absolute Gasteiger partial charge is 0.377 e. The Morgan fingerprint density at radius 1 is 1.18 bits per heavy atom. The summed E-state index contributed by atoms with van der Waals surface area (Å²) >= 11 is 2.39. The van der Waals surface area contributed by atoms with Crippen molar-refractivity contribution in [3.63, 3.8) is 0 Å². The van der Waals surface area contributed by atoms with Gasteiger partial charge in [-0.15, -0.1) is 0 Å². The van der Waals surface area contributed by atoms with Gasteiger partial charge >= 0.3 is 0 Å². The van der Waals surface area contributed by atoms with E-state index >= 15 is 0 Å². The zero-order valence-corrected chi connectivity index (χ0v) is 14.5. The maximum absolute atomic E-state index is 13.2. The maximum Gasteiger partial charge on any atom is 0.123 e. The number of halogens is 2. The highest BCUT2D eigenvalue weighted by Crippen LogP contribution is 2.50. The Morgan fingerprint density at radius 3 is 2.73 bits per heavy atom. The van der Waals surface area contributed by atoms with Crippen LogP contribution in [0.4, 0.5) is 10.1 Å². The van der Waals surface area contributed by atoms with E-state index in [4.69, 9.17) is 0 Å². The van der Waals surface area contributed by atoms with Crippen LogP contribution in [0.5, 0.6) is 0 Å². The number of allylic oxidation sites excluding steroid dienone is 2. The lowest BCUT2D eigenvalue weighted by molar-refractivity contribution is 0.424. The predicted octanol–water partition coefficient (Wildman–Crippen LogP) is 5.57. The lowest BCUT2D eigenvalue weighted by Crippen LogP contribution is -2.29. The van der Waals surface area contributed by atoms with Crippen LogP contribution in [0.15, 0.2) is 48.6 Å². The summed E-state index contributed by atoms with van der Waals surface area (Å²) in [5, 5.41) is 3.73. The van der Waals surface area contributed by atoms with E-state index in [1.54, 1.807) is 12.1 Å². The molecule has 2 aliphatic rings. The number of nitrogens with one attached hydrogen (secondary N) is 1. The lowest BCUT2D eigenvalue weighted by Gasteiger charge is -2.38. The average molecular weight is 405 g/mol. The summed E-state index contributed by atoms with van der Waals surface area (Å²) in [6, 6.07) is 11.7. The minimum atomic E-state index is -0.174. The fourth-order valence-corrected chi connectivity index (χ4v) is 4.64. The topological polar surface area (TPSA) is 12.0 Å². The zero-order valence-electron chi connectivity index (χ0n) is 12.3. The number of anilines is 1. The second kappa shape index (κ2) is 5.37. The third kappa shape index (κ3) is 2.26. The SMILES string of the molecule is Cc1cc(I)cc2c1N[C@H](c1ccc(F)cc1)[C@@H]1CC=C[C@@H]21. The van der Waals surface area contributed by atoms with Crippen LogP contribution in [0.2, 0.25) is 0 Å². The fraction of sp³-hybridized carbons (Fsp3) is 0.263. The molecule has 0 radical (unpaired) electrons. The van der Waals surface area contributed by atoms with Gasteiger partial charge < -0.3 is 5.32 Å². The average Bonchev–Trinajstić information content (AvgIpc) is 2.97. The van der Waals surface area contributed by atoms with Crippen LogP contribution in [-0.4, -0.2) is 0 Å². The second-order valence-electron chi connectivity index (χ2n) is 6.21. The number of rotatable bonds is 1. The first-order valence-corrected chi connectivity index (χ1v) is 8.70. The van der Waals surface area contributed by atoms with Crippen molar-refractivity contribution in [1.82, 2.24) is 0 Å². The molecule has 1 N–H and O–H groups in total. The Balaban J connectivity index is 1.82. The van der Waals surface area contributed by atoms with Crippen LogP contribution >= 0.6 is 22.6 Å². The van der Waals surface area contributed by atoms with Crippen LogP contribution in [0.1, 0.15) is 35.1 Å². The van der Waals surface area contributed by atoms with E-state index in [0.717, 1.165) is 6.42 Å². The molecule has 0 saturated carbocycles. The van der Waals surface area contributed by atoms with Gasteiger partial charge in [-0.3, -0.25) is 0 Å². The van der Waals surface area contributed by atoms with E-state index in [-0.39, 0.29) is 11.9 Å². The van der Waals surface area contributed by atoms with Crippen molar-refractivity contribution in [2.24, 2.45) is 5.92 Å². The van der Waals surface area contributed by atoms with E-state index < -0.39 is 0 Å². The van der Waals surface area contributed by atoms with Crippen LogP contribution < -0.4 is 5.32 Å². The normalized spacial score (nSPS) is 25.5. The summed E-state index contributed by atoms with van der Waals surface area (Å²) in [6.45, 7) is 2.16. The Bertz CT molecular complexity index is 751. The van der Waals surface area contributed by atoms with Crippen molar-refractivity contribution < 1.29 is 4.39 Å². The standard InChI is InChI=1S/C19H17FIN/c1-11-9-14(21)10-17-15-3-2-4-16(15)19(22-18(11)17)12-5-7-13(20)8-6-12/h2-3,5-10,15-16,19,22H,4H2,1H3/t15-,16-,19-/m1/s1. The van der Waals surface area contributed by atoms with E-state index in [2.05, 4.69) is 59.1 Å². The van der Waals surface area contributed by atoms with Crippen LogP contribution in [0.3, 0.4) is 0 Å². The van der Waals surface area contributed by atoms with E-state index in [1.807, 2.05) is 12.1 Å². The summed E-state index contributed by atoms with van der Waals surface area (Å²) in [6.07, 6.45) is 5.71. The molecule has 22 heavy (non-hydrogen) atoms. The van der Waals surface area contributed by atoms with Crippen molar-refractivity contribution in [3.8, 4) is 0 Å². The van der Waals surface area contributed by atoms with Crippen molar-refractivity contribution in [1.29, 1.82) is 0 Å². The number of benzene rings is 2. The lowest BCUT2D eigenvalue weighted by atomic mass is 9.76. The first-order chi connectivity index (χ1) is 10.6. The molecule has 0 aromatic heterocycles. The minimum Gasteiger partial charge on any atom is -0.377 e. The van der Waals surface area contributed by atoms with Gasteiger partial charge in [-0.25, -0.2) is 4.39 Å². The molecule has 3 atom stereocenters. The highest BCUT2D eigenvalue weighted by atomic mass is 127. The molecule has 1 nitrogen and oxygen atoms in total. The van der Waals surface area contributed by atoms with Gasteiger partial charge in [-0.2, -0.15) is 0 Å². The summed E-state index contributed by atoms with van der Waals surface area (Å²) in [4.78, 5) is 0. The molecule has 0 unspecified atom stereocenters. The number of fused-ring (bicyclic) bond motifs is 3. The minimum absolute atomic E-state index is 0.174. The second-order valence-corrected chi connectivity index (χ2v) is 7.46. The molecule has 1 aliphatic heterocycles. The molecular weight excluding hydrogens is 388 g/mol. The number of hydrogen-bond acceptors (Lipinski definition) is 1. The molecule has 4 rings (SSSR count). The first kappa shape index (κ1) is 14.2. The van der Waals surface area contributed by atoms with Gasteiger partial charge in [0, 0.05) is 15.2 Å². The third-order valence-corrected chi connectivity index (χ3v) is 5.48. The molecule has 0 spiro atoms. The van der Waals surface area contributed by atoms with Crippen LogP contribution in [0.25, 0.3) is 0 Å². The van der Waals surface area contributed by atoms with Crippen molar-refractivity contribution >= 4 is 28.3 Å². The van der Waals surface area contributed by atoms with Gasteiger partial charge in [0.05, 0.1) is 6.04 Å². The summed E-state index contributed by atoms with van der Waals surface area (Å²) in [5.74, 6) is 0.794. The number of hydrogen-bond donors (Lipinski definition) is 1. The van der Waals surface area contributed by atoms with Gasteiger partial charge in [-0.05, 0) is 82.8 Å². The molecule has 0 saturated heterocycles. The maximum atomic E-state index is 13.2. The molecule has 0 amide bonds. The molecule has 1 aliphatic carbocycles. The highest BCUT2D eigenvalue weighted by molar-refractivity contribution is 14.1.